The van der Waals surface area contributed by atoms with Crippen LogP contribution in [0.15, 0.2) is 24.8 Å². The molecule has 1 N–H and O–H groups in total. The van der Waals surface area contributed by atoms with E-state index in [1.165, 1.54) is 11.1 Å². The predicted molar refractivity (Wildman–Crippen MR) is 65.5 cm³/mol. The number of rotatable bonds is 4. The Morgan fingerprint density at radius 3 is 2.82 bits per heavy atom. The first-order valence-electron chi connectivity index (χ1n) is 5.62. The highest BCUT2D eigenvalue weighted by Gasteiger charge is 2.13. The van der Waals surface area contributed by atoms with Crippen molar-refractivity contribution in [3.8, 4) is 0 Å². The van der Waals surface area contributed by atoms with Gasteiger partial charge in [0.15, 0.2) is 0 Å². The molecule has 2 aromatic heterocycles. The Balaban J connectivity index is 2.20. The van der Waals surface area contributed by atoms with Crippen molar-refractivity contribution in [2.24, 2.45) is 7.05 Å². The monoisotopic (exact) mass is 231 g/mol. The van der Waals surface area contributed by atoms with E-state index in [4.69, 9.17) is 0 Å². The van der Waals surface area contributed by atoms with Gasteiger partial charge in [0.2, 0.25) is 0 Å². The molecule has 0 aliphatic rings. The maximum absolute atomic E-state index is 4.24. The van der Waals surface area contributed by atoms with Crippen molar-refractivity contribution in [3.05, 3.63) is 41.7 Å². The molecule has 0 saturated carbocycles. The Bertz CT molecular complexity index is 491. The van der Waals surface area contributed by atoms with E-state index in [9.17, 15) is 0 Å². The number of pyridine rings is 1. The summed E-state index contributed by atoms with van der Waals surface area (Å²) >= 11 is 0. The average molecular weight is 231 g/mol. The molecule has 0 radical (unpaired) electrons. The summed E-state index contributed by atoms with van der Waals surface area (Å²) in [6.45, 7) is 2.05. The van der Waals surface area contributed by atoms with Crippen LogP contribution in [0.3, 0.4) is 0 Å². The van der Waals surface area contributed by atoms with Crippen LogP contribution in [-0.4, -0.2) is 26.8 Å². The van der Waals surface area contributed by atoms with Gasteiger partial charge in [-0.1, -0.05) is 6.07 Å². The molecule has 0 aliphatic heterocycles. The third kappa shape index (κ3) is 2.68. The van der Waals surface area contributed by atoms with Gasteiger partial charge in [0, 0.05) is 31.9 Å². The molecule has 2 heterocycles. The number of aryl methyl sites for hydroxylation is 2. The van der Waals surface area contributed by atoms with E-state index in [1.54, 1.807) is 11.0 Å². The average Bonchev–Trinajstić information content (AvgIpc) is 2.71. The highest BCUT2D eigenvalue weighted by Crippen LogP contribution is 2.16. The molecule has 0 aliphatic carbocycles. The summed E-state index contributed by atoms with van der Waals surface area (Å²) in [6.07, 6.45) is 6.14. The van der Waals surface area contributed by atoms with Crippen molar-refractivity contribution in [1.82, 2.24) is 25.1 Å². The first kappa shape index (κ1) is 11.7. The van der Waals surface area contributed by atoms with Crippen molar-refractivity contribution in [3.63, 3.8) is 0 Å². The molecule has 0 aromatic carbocycles. The molecule has 17 heavy (non-hydrogen) atoms. The molecule has 5 nitrogen and oxygen atoms in total. The topological polar surface area (TPSA) is 55.6 Å². The lowest BCUT2D eigenvalue weighted by atomic mass is 10.0. The molecule has 0 amide bonds. The number of nitrogens with zero attached hydrogens (tertiary/aromatic N) is 4. The van der Waals surface area contributed by atoms with Crippen molar-refractivity contribution < 1.29 is 0 Å². The van der Waals surface area contributed by atoms with Gasteiger partial charge in [-0.3, -0.25) is 9.67 Å². The van der Waals surface area contributed by atoms with E-state index >= 15 is 0 Å². The minimum absolute atomic E-state index is 0.213. The summed E-state index contributed by atoms with van der Waals surface area (Å²) in [7, 11) is 3.85. The van der Waals surface area contributed by atoms with E-state index in [-0.39, 0.29) is 6.04 Å². The van der Waals surface area contributed by atoms with Gasteiger partial charge in [0.1, 0.15) is 12.2 Å². The van der Waals surface area contributed by atoms with Crippen molar-refractivity contribution in [2.75, 3.05) is 7.05 Å². The number of hydrogen-bond donors (Lipinski definition) is 1. The first-order valence-corrected chi connectivity index (χ1v) is 5.62. The van der Waals surface area contributed by atoms with Gasteiger partial charge in [-0.05, 0) is 25.1 Å². The normalized spacial score (nSPS) is 12.6. The highest BCUT2D eigenvalue weighted by molar-refractivity contribution is 5.21. The Morgan fingerprint density at radius 1 is 1.41 bits per heavy atom. The van der Waals surface area contributed by atoms with Crippen molar-refractivity contribution in [2.45, 2.75) is 19.4 Å². The number of likely N-dealkylation sites (N-methyl/N-ethyl adjacent to an activating group) is 1. The zero-order chi connectivity index (χ0) is 12.3. The third-order valence-corrected chi connectivity index (χ3v) is 2.84. The molecule has 0 fully saturated rings. The molecule has 1 unspecified atom stereocenters. The van der Waals surface area contributed by atoms with Crippen LogP contribution in [0.1, 0.15) is 23.0 Å². The van der Waals surface area contributed by atoms with Crippen LogP contribution in [0.5, 0.6) is 0 Å². The van der Waals surface area contributed by atoms with Crippen molar-refractivity contribution >= 4 is 0 Å². The van der Waals surface area contributed by atoms with Crippen LogP contribution in [0.4, 0.5) is 0 Å². The van der Waals surface area contributed by atoms with E-state index in [2.05, 4.69) is 26.4 Å². The largest absolute Gasteiger partial charge is 0.313 e. The number of aromatic nitrogens is 4. The fourth-order valence-electron chi connectivity index (χ4n) is 1.84. The van der Waals surface area contributed by atoms with E-state index in [0.717, 1.165) is 12.2 Å². The van der Waals surface area contributed by atoms with Crippen LogP contribution in [-0.2, 0) is 13.5 Å². The summed E-state index contributed by atoms with van der Waals surface area (Å²) in [5, 5.41) is 7.37. The van der Waals surface area contributed by atoms with Gasteiger partial charge in [0.25, 0.3) is 0 Å². The van der Waals surface area contributed by atoms with Crippen LogP contribution < -0.4 is 5.32 Å². The van der Waals surface area contributed by atoms with Gasteiger partial charge in [-0.25, -0.2) is 4.98 Å². The lowest BCUT2D eigenvalue weighted by Gasteiger charge is -2.16. The maximum Gasteiger partial charge on any atom is 0.138 e. The Labute approximate surface area is 101 Å². The fraction of sp³-hybridized carbons (Fsp3) is 0.417. The Morgan fingerprint density at radius 2 is 2.24 bits per heavy atom. The molecule has 0 spiro atoms. The number of hydrogen-bond acceptors (Lipinski definition) is 4. The van der Waals surface area contributed by atoms with Crippen molar-refractivity contribution in [1.29, 1.82) is 0 Å². The van der Waals surface area contributed by atoms with Gasteiger partial charge < -0.3 is 5.32 Å². The second kappa shape index (κ2) is 5.05. The Hall–Kier alpha value is -1.75. The van der Waals surface area contributed by atoms with Gasteiger partial charge in [0.05, 0.1) is 0 Å². The van der Waals surface area contributed by atoms with E-state index in [0.29, 0.717) is 0 Å². The molecule has 2 aromatic rings. The smallest absolute Gasteiger partial charge is 0.138 e. The third-order valence-electron chi connectivity index (χ3n) is 2.84. The van der Waals surface area contributed by atoms with Crippen LogP contribution >= 0.6 is 0 Å². The van der Waals surface area contributed by atoms with Crippen LogP contribution in [0.2, 0.25) is 0 Å². The summed E-state index contributed by atoms with van der Waals surface area (Å²) < 4.78 is 1.80. The summed E-state index contributed by atoms with van der Waals surface area (Å²) in [5.41, 5.74) is 2.34. The zero-order valence-corrected chi connectivity index (χ0v) is 10.4. The summed E-state index contributed by atoms with van der Waals surface area (Å²) in [5.74, 6) is 0.964. The molecule has 1 atom stereocenters. The predicted octanol–water partition coefficient (Wildman–Crippen LogP) is 1.02. The SMILES string of the molecule is CNC(Cc1ncnn1C)c1cncc(C)c1. The minimum Gasteiger partial charge on any atom is -0.313 e. The van der Waals surface area contributed by atoms with Crippen LogP contribution in [0, 0.1) is 6.92 Å². The molecule has 0 bridgehead atoms. The minimum atomic E-state index is 0.213. The molecule has 90 valence electrons. The maximum atomic E-state index is 4.24. The second-order valence-electron chi connectivity index (χ2n) is 4.14. The standard InChI is InChI=1S/C12H17N5/c1-9-4-10(7-14-6-9)11(13-2)5-12-15-8-16-17(12)3/h4,6-8,11,13H,5H2,1-3H3. The van der Waals surface area contributed by atoms with Gasteiger partial charge >= 0.3 is 0 Å². The summed E-state index contributed by atoms with van der Waals surface area (Å²) in [4.78, 5) is 8.46. The second-order valence-corrected chi connectivity index (χ2v) is 4.14. The molecular formula is C12H17N5. The van der Waals surface area contributed by atoms with Gasteiger partial charge in [-0.15, -0.1) is 0 Å². The highest BCUT2D eigenvalue weighted by atomic mass is 15.3. The summed E-state index contributed by atoms with van der Waals surface area (Å²) in [6, 6.07) is 2.36. The lowest BCUT2D eigenvalue weighted by Crippen LogP contribution is -2.21. The number of nitrogens with one attached hydrogen (secondary N) is 1. The molecular weight excluding hydrogens is 214 g/mol. The molecule has 0 saturated heterocycles. The molecule has 5 heteroatoms. The quantitative estimate of drug-likeness (QED) is 0.853. The van der Waals surface area contributed by atoms with Crippen LogP contribution in [0.25, 0.3) is 0 Å². The lowest BCUT2D eigenvalue weighted by molar-refractivity contribution is 0.551. The van der Waals surface area contributed by atoms with E-state index in [1.807, 2.05) is 33.4 Å². The first-order chi connectivity index (χ1) is 8.20. The molecule has 2 rings (SSSR count). The Kier molecular flexibility index (Phi) is 3.49. The van der Waals surface area contributed by atoms with Gasteiger partial charge in [-0.2, -0.15) is 5.10 Å². The fourth-order valence-corrected chi connectivity index (χ4v) is 1.84. The van der Waals surface area contributed by atoms with E-state index < -0.39 is 0 Å². The zero-order valence-electron chi connectivity index (χ0n) is 10.4.